The van der Waals surface area contributed by atoms with Crippen molar-refractivity contribution in [2.24, 2.45) is 5.41 Å². The molecule has 3 rings (SSSR count). The van der Waals surface area contributed by atoms with Crippen LogP contribution in [-0.4, -0.2) is 51.6 Å². The molecule has 0 aliphatic carbocycles. The lowest BCUT2D eigenvalue weighted by Crippen LogP contribution is -2.60. The van der Waals surface area contributed by atoms with Crippen LogP contribution in [0.25, 0.3) is 0 Å². The topological polar surface area (TPSA) is 109 Å². The maximum atomic E-state index is 13.3. The highest BCUT2D eigenvalue weighted by atomic mass is 16.2. The van der Waals surface area contributed by atoms with Crippen molar-refractivity contribution in [2.75, 3.05) is 24.1 Å². The average Bonchev–Trinajstić information content (AvgIpc) is 2.79. The summed E-state index contributed by atoms with van der Waals surface area (Å²) in [6, 6.07) is 10.6. The fraction of sp³-hybridized carbons (Fsp3) is 0.440. The van der Waals surface area contributed by atoms with Gasteiger partial charge in [0.05, 0.1) is 17.9 Å². The molecule has 176 valence electrons. The number of carbonyl (C=O) groups is 3. The minimum atomic E-state index is -0.743. The number of pyridine rings is 1. The van der Waals surface area contributed by atoms with E-state index in [0.29, 0.717) is 24.5 Å². The lowest BCUT2D eigenvalue weighted by molar-refractivity contribution is -0.154. The molecule has 33 heavy (non-hydrogen) atoms. The molecule has 1 aromatic carbocycles. The zero-order valence-corrected chi connectivity index (χ0v) is 20.0. The molecule has 0 bridgehead atoms. The minimum Gasteiger partial charge on any atom is -0.383 e. The highest BCUT2D eigenvalue weighted by Crippen LogP contribution is 2.31. The van der Waals surface area contributed by atoms with Gasteiger partial charge >= 0.3 is 11.8 Å². The van der Waals surface area contributed by atoms with Crippen molar-refractivity contribution in [3.8, 4) is 0 Å². The molecule has 2 atom stereocenters. The quantitative estimate of drug-likeness (QED) is 0.698. The molecule has 3 amide bonds. The maximum absolute atomic E-state index is 13.3. The predicted octanol–water partition coefficient (Wildman–Crippen LogP) is 3.01. The van der Waals surface area contributed by atoms with Gasteiger partial charge in [-0.3, -0.25) is 14.4 Å². The minimum absolute atomic E-state index is 0.0209. The Morgan fingerprint density at radius 2 is 1.79 bits per heavy atom. The van der Waals surface area contributed by atoms with Gasteiger partial charge in [0.15, 0.2) is 0 Å². The number of hydrogen-bond donors (Lipinski definition) is 2. The number of nitrogens with zero attached hydrogens (tertiary/aromatic N) is 3. The van der Waals surface area contributed by atoms with E-state index in [1.54, 1.807) is 11.0 Å². The normalized spacial score (nSPS) is 18.7. The van der Waals surface area contributed by atoms with Crippen LogP contribution in [0.5, 0.6) is 0 Å². The van der Waals surface area contributed by atoms with Crippen molar-refractivity contribution in [2.45, 2.75) is 53.1 Å². The fourth-order valence-electron chi connectivity index (χ4n) is 4.06. The first-order chi connectivity index (χ1) is 15.5. The van der Waals surface area contributed by atoms with Crippen molar-refractivity contribution in [1.29, 1.82) is 0 Å². The van der Waals surface area contributed by atoms with Gasteiger partial charge in [0.1, 0.15) is 5.82 Å². The summed E-state index contributed by atoms with van der Waals surface area (Å²) in [5.74, 6) is -0.965. The van der Waals surface area contributed by atoms with Crippen LogP contribution in [0.2, 0.25) is 0 Å². The van der Waals surface area contributed by atoms with Gasteiger partial charge in [-0.2, -0.15) is 0 Å². The number of amides is 3. The van der Waals surface area contributed by atoms with Gasteiger partial charge in [0.25, 0.3) is 0 Å². The molecule has 0 radical (unpaired) electrons. The van der Waals surface area contributed by atoms with Crippen LogP contribution in [-0.2, 0) is 20.8 Å². The van der Waals surface area contributed by atoms with Gasteiger partial charge in [-0.05, 0) is 30.5 Å². The monoisotopic (exact) mass is 451 g/mol. The Bertz CT molecular complexity index is 1030. The summed E-state index contributed by atoms with van der Waals surface area (Å²) < 4.78 is 0. The zero-order chi connectivity index (χ0) is 24.3. The molecule has 1 aromatic heterocycles. The predicted molar refractivity (Wildman–Crippen MR) is 128 cm³/mol. The van der Waals surface area contributed by atoms with Crippen molar-refractivity contribution in [3.05, 3.63) is 53.7 Å². The summed E-state index contributed by atoms with van der Waals surface area (Å²) in [4.78, 5) is 46.8. The third-order valence-electron chi connectivity index (χ3n) is 5.92. The molecule has 2 heterocycles. The number of rotatable bonds is 3. The average molecular weight is 452 g/mol. The molecule has 8 nitrogen and oxygen atoms in total. The standard InChI is InChI=1S/C25H33N5O3/c1-6-17-12-19(13-27-21(17)26)28-22(31)23(32)30-14-16(2)29(24(33)25(3,4)5)15-20(30)18-10-8-7-9-11-18/h7-13,16,20H,6,14-15H2,1-5H3,(H2,26,27)(H,28,31)/t16-,20-/m1/s1. The highest BCUT2D eigenvalue weighted by Gasteiger charge is 2.41. The first-order valence-corrected chi connectivity index (χ1v) is 11.2. The number of carbonyl (C=O) groups excluding carboxylic acids is 3. The number of nitrogens with two attached hydrogens (primary N) is 1. The number of hydrogen-bond acceptors (Lipinski definition) is 5. The summed E-state index contributed by atoms with van der Waals surface area (Å²) in [6.45, 7) is 10.1. The second-order valence-electron chi connectivity index (χ2n) is 9.52. The van der Waals surface area contributed by atoms with E-state index in [0.717, 1.165) is 11.1 Å². The van der Waals surface area contributed by atoms with E-state index in [9.17, 15) is 14.4 Å². The Labute approximate surface area is 195 Å². The third kappa shape index (κ3) is 5.32. The first kappa shape index (κ1) is 24.2. The van der Waals surface area contributed by atoms with Gasteiger partial charge in [-0.1, -0.05) is 58.0 Å². The summed E-state index contributed by atoms with van der Waals surface area (Å²) in [5, 5.41) is 2.66. The van der Waals surface area contributed by atoms with Crippen LogP contribution in [0.1, 0.15) is 51.8 Å². The van der Waals surface area contributed by atoms with E-state index in [1.165, 1.54) is 6.20 Å². The molecule has 1 aliphatic rings. The first-order valence-electron chi connectivity index (χ1n) is 11.2. The van der Waals surface area contributed by atoms with Crippen LogP contribution < -0.4 is 11.1 Å². The van der Waals surface area contributed by atoms with Crippen molar-refractivity contribution >= 4 is 29.2 Å². The van der Waals surface area contributed by atoms with Gasteiger partial charge in [-0.15, -0.1) is 0 Å². The highest BCUT2D eigenvalue weighted by molar-refractivity contribution is 6.39. The molecule has 3 N–H and O–H groups in total. The number of aryl methyl sites for hydroxylation is 1. The van der Waals surface area contributed by atoms with Crippen LogP contribution >= 0.6 is 0 Å². The van der Waals surface area contributed by atoms with Crippen molar-refractivity contribution in [3.63, 3.8) is 0 Å². The lowest BCUT2D eigenvalue weighted by Gasteiger charge is -2.46. The van der Waals surface area contributed by atoms with Gasteiger partial charge in [-0.25, -0.2) is 4.98 Å². The SMILES string of the molecule is CCc1cc(NC(=O)C(=O)N2C[C@@H](C)N(C(=O)C(C)(C)C)C[C@@H]2c2ccccc2)cnc1N. The number of piperazine rings is 1. The smallest absolute Gasteiger partial charge is 0.313 e. The van der Waals surface area contributed by atoms with Crippen molar-refractivity contribution < 1.29 is 14.4 Å². The van der Waals surface area contributed by atoms with Gasteiger partial charge in [0.2, 0.25) is 5.91 Å². The molecular formula is C25H33N5O3. The van der Waals surface area contributed by atoms with E-state index in [2.05, 4.69) is 10.3 Å². The Kier molecular flexibility index (Phi) is 7.05. The van der Waals surface area contributed by atoms with Crippen LogP contribution in [0.4, 0.5) is 11.5 Å². The third-order valence-corrected chi connectivity index (χ3v) is 5.92. The molecule has 0 unspecified atom stereocenters. The molecule has 8 heteroatoms. The molecule has 1 aliphatic heterocycles. The molecule has 2 aromatic rings. The summed E-state index contributed by atoms with van der Waals surface area (Å²) in [6.07, 6.45) is 2.10. The molecule has 0 saturated carbocycles. The Balaban J connectivity index is 1.87. The lowest BCUT2D eigenvalue weighted by atomic mass is 9.91. The second-order valence-corrected chi connectivity index (χ2v) is 9.52. The molecular weight excluding hydrogens is 418 g/mol. The molecule has 1 saturated heterocycles. The van der Waals surface area contributed by atoms with E-state index in [4.69, 9.17) is 5.73 Å². The Morgan fingerprint density at radius 1 is 1.12 bits per heavy atom. The van der Waals surface area contributed by atoms with E-state index in [1.807, 2.05) is 69.9 Å². The van der Waals surface area contributed by atoms with Crippen LogP contribution in [0, 0.1) is 5.41 Å². The summed E-state index contributed by atoms with van der Waals surface area (Å²) in [5.41, 5.74) is 7.39. The van der Waals surface area contributed by atoms with E-state index >= 15 is 0 Å². The number of nitrogen functional groups attached to an aromatic ring is 1. The molecule has 1 fully saturated rings. The van der Waals surface area contributed by atoms with Crippen molar-refractivity contribution in [1.82, 2.24) is 14.8 Å². The maximum Gasteiger partial charge on any atom is 0.313 e. The second kappa shape index (κ2) is 9.60. The Hall–Kier alpha value is -3.42. The zero-order valence-electron chi connectivity index (χ0n) is 20.0. The summed E-state index contributed by atoms with van der Waals surface area (Å²) >= 11 is 0. The number of nitrogens with one attached hydrogen (secondary N) is 1. The van der Waals surface area contributed by atoms with Gasteiger partial charge < -0.3 is 20.9 Å². The number of benzene rings is 1. The molecule has 0 spiro atoms. The summed E-state index contributed by atoms with van der Waals surface area (Å²) in [7, 11) is 0. The number of anilines is 2. The van der Waals surface area contributed by atoms with Gasteiger partial charge in [0, 0.05) is 24.5 Å². The number of aromatic nitrogens is 1. The van der Waals surface area contributed by atoms with Crippen LogP contribution in [0.3, 0.4) is 0 Å². The Morgan fingerprint density at radius 3 is 2.39 bits per heavy atom. The van der Waals surface area contributed by atoms with Crippen LogP contribution in [0.15, 0.2) is 42.6 Å². The van der Waals surface area contributed by atoms with E-state index < -0.39 is 23.3 Å². The fourth-order valence-corrected chi connectivity index (χ4v) is 4.06. The largest absolute Gasteiger partial charge is 0.383 e. The van der Waals surface area contributed by atoms with E-state index in [-0.39, 0.29) is 18.5 Å².